The van der Waals surface area contributed by atoms with Crippen molar-refractivity contribution in [1.29, 1.82) is 0 Å². The Labute approximate surface area is 132 Å². The fourth-order valence-electron chi connectivity index (χ4n) is 2.21. The van der Waals surface area contributed by atoms with E-state index >= 15 is 0 Å². The van der Waals surface area contributed by atoms with Crippen LogP contribution in [0.5, 0.6) is 0 Å². The minimum atomic E-state index is -0.427. The molecule has 6 nitrogen and oxygen atoms in total. The topological polar surface area (TPSA) is 83.1 Å². The van der Waals surface area contributed by atoms with Gasteiger partial charge in [0.05, 0.1) is 5.69 Å². The number of aryl methyl sites for hydroxylation is 1. The average Bonchev–Trinajstić information content (AvgIpc) is 3.10. The summed E-state index contributed by atoms with van der Waals surface area (Å²) in [5.74, 6) is -0.249. The van der Waals surface area contributed by atoms with Crippen molar-refractivity contribution in [3.8, 4) is 0 Å². The molecule has 2 amide bonds. The van der Waals surface area contributed by atoms with Crippen LogP contribution in [-0.2, 0) is 9.59 Å². The lowest BCUT2D eigenvalue weighted by atomic mass is 10.2. The fraction of sp³-hybridized carbons (Fsp3) is 0.267. The lowest BCUT2D eigenvalue weighted by Crippen LogP contribution is -2.37. The van der Waals surface area contributed by atoms with Gasteiger partial charge in [0.1, 0.15) is 6.04 Å². The Bertz CT molecular complexity index is 696. The van der Waals surface area contributed by atoms with Crippen molar-refractivity contribution in [3.63, 3.8) is 0 Å². The van der Waals surface area contributed by atoms with Crippen molar-refractivity contribution in [2.75, 3.05) is 10.6 Å². The van der Waals surface area contributed by atoms with E-state index in [2.05, 4.69) is 20.9 Å². The largest absolute Gasteiger partial charge is 0.344 e. The van der Waals surface area contributed by atoms with E-state index in [9.17, 15) is 9.59 Å². The molecule has 1 aliphatic rings. The Morgan fingerprint density at radius 3 is 2.64 bits per heavy atom. The van der Waals surface area contributed by atoms with Crippen LogP contribution in [0.25, 0.3) is 0 Å². The van der Waals surface area contributed by atoms with Crippen LogP contribution in [0.15, 0.2) is 29.6 Å². The predicted molar refractivity (Wildman–Crippen MR) is 86.4 cm³/mol. The van der Waals surface area contributed by atoms with Crippen molar-refractivity contribution in [3.05, 3.63) is 35.3 Å². The summed E-state index contributed by atoms with van der Waals surface area (Å²) in [5, 5.41) is 11.5. The van der Waals surface area contributed by atoms with Crippen LogP contribution in [-0.4, -0.2) is 22.8 Å². The van der Waals surface area contributed by atoms with Gasteiger partial charge >= 0.3 is 0 Å². The molecule has 0 bridgehead atoms. The second-order valence-electron chi connectivity index (χ2n) is 5.14. The number of nitrogens with one attached hydrogen (secondary N) is 3. The normalized spacial score (nSPS) is 17.1. The standard InChI is InChI=1S/C15H16N4O2S/c1-9-8-22-15(16-9)18-11-4-2-10(3-5-11)17-14(21)12-6-7-13(20)19-12/h2-5,8,12H,6-7H2,1H3,(H,16,18)(H,17,21)(H,19,20)/t12-/m0/s1. The SMILES string of the molecule is Cc1csc(Nc2ccc(NC(=O)[C@@H]3CCC(=O)N3)cc2)n1. The highest BCUT2D eigenvalue weighted by atomic mass is 32.1. The van der Waals surface area contributed by atoms with Gasteiger partial charge in [-0.3, -0.25) is 9.59 Å². The summed E-state index contributed by atoms with van der Waals surface area (Å²) in [4.78, 5) is 27.4. The number of rotatable bonds is 4. The summed E-state index contributed by atoms with van der Waals surface area (Å²) in [6, 6.07) is 6.96. The molecule has 7 heteroatoms. The highest BCUT2D eigenvalue weighted by Crippen LogP contribution is 2.22. The van der Waals surface area contributed by atoms with Crippen LogP contribution >= 0.6 is 11.3 Å². The van der Waals surface area contributed by atoms with Crippen molar-refractivity contribution < 1.29 is 9.59 Å². The average molecular weight is 316 g/mol. The molecule has 0 unspecified atom stereocenters. The Hall–Kier alpha value is -2.41. The van der Waals surface area contributed by atoms with Crippen molar-refractivity contribution in [2.24, 2.45) is 0 Å². The summed E-state index contributed by atoms with van der Waals surface area (Å²) < 4.78 is 0. The van der Waals surface area contributed by atoms with E-state index in [1.807, 2.05) is 36.6 Å². The molecule has 0 radical (unpaired) electrons. The molecule has 1 aromatic heterocycles. The first-order chi connectivity index (χ1) is 10.6. The molecule has 22 heavy (non-hydrogen) atoms. The number of carbonyl (C=O) groups excluding carboxylic acids is 2. The minimum Gasteiger partial charge on any atom is -0.344 e. The highest BCUT2D eigenvalue weighted by molar-refractivity contribution is 7.13. The lowest BCUT2D eigenvalue weighted by molar-refractivity contribution is -0.122. The van der Waals surface area contributed by atoms with Crippen LogP contribution in [0.3, 0.4) is 0 Å². The molecule has 1 saturated heterocycles. The number of benzene rings is 1. The van der Waals surface area contributed by atoms with Gasteiger partial charge in [0.15, 0.2) is 5.13 Å². The molecule has 0 saturated carbocycles. The van der Waals surface area contributed by atoms with Gasteiger partial charge in [0.2, 0.25) is 11.8 Å². The van der Waals surface area contributed by atoms with Crippen LogP contribution in [0, 0.1) is 6.92 Å². The van der Waals surface area contributed by atoms with Gasteiger partial charge in [-0.2, -0.15) is 0 Å². The molecule has 3 rings (SSSR count). The van der Waals surface area contributed by atoms with Gasteiger partial charge in [-0.25, -0.2) is 4.98 Å². The van der Waals surface area contributed by atoms with Crippen molar-refractivity contribution in [2.45, 2.75) is 25.8 Å². The zero-order valence-electron chi connectivity index (χ0n) is 12.1. The van der Waals surface area contributed by atoms with Gasteiger partial charge in [-0.15, -0.1) is 11.3 Å². The third-order valence-electron chi connectivity index (χ3n) is 3.33. The molecule has 1 atom stereocenters. The molecular formula is C15H16N4O2S. The van der Waals surface area contributed by atoms with Gasteiger partial charge in [0, 0.05) is 23.2 Å². The van der Waals surface area contributed by atoms with Crippen molar-refractivity contribution >= 4 is 39.7 Å². The maximum atomic E-state index is 12.0. The van der Waals surface area contributed by atoms with E-state index in [1.54, 1.807) is 11.3 Å². The first-order valence-corrected chi connectivity index (χ1v) is 7.87. The Morgan fingerprint density at radius 1 is 1.32 bits per heavy atom. The number of aromatic nitrogens is 1. The summed E-state index contributed by atoms with van der Waals surface area (Å²) in [7, 11) is 0. The number of nitrogens with zero attached hydrogens (tertiary/aromatic N) is 1. The van der Waals surface area contributed by atoms with E-state index in [-0.39, 0.29) is 11.8 Å². The highest BCUT2D eigenvalue weighted by Gasteiger charge is 2.26. The third-order valence-corrected chi connectivity index (χ3v) is 4.21. The molecule has 114 valence electrons. The molecule has 3 N–H and O–H groups in total. The number of anilines is 3. The first-order valence-electron chi connectivity index (χ1n) is 6.99. The molecule has 1 fully saturated rings. The zero-order chi connectivity index (χ0) is 15.5. The van der Waals surface area contributed by atoms with Gasteiger partial charge in [-0.05, 0) is 37.6 Å². The molecular weight excluding hydrogens is 300 g/mol. The van der Waals surface area contributed by atoms with Crippen LogP contribution < -0.4 is 16.0 Å². The first kappa shape index (κ1) is 14.5. The van der Waals surface area contributed by atoms with Crippen LogP contribution in [0.4, 0.5) is 16.5 Å². The number of amides is 2. The van der Waals surface area contributed by atoms with E-state index in [0.717, 1.165) is 16.5 Å². The van der Waals surface area contributed by atoms with E-state index in [1.165, 1.54) is 0 Å². The zero-order valence-corrected chi connectivity index (χ0v) is 12.9. The Balaban J connectivity index is 1.59. The number of hydrogen-bond donors (Lipinski definition) is 3. The van der Waals surface area contributed by atoms with E-state index < -0.39 is 6.04 Å². The second-order valence-corrected chi connectivity index (χ2v) is 6.00. The Morgan fingerprint density at radius 2 is 2.05 bits per heavy atom. The predicted octanol–water partition coefficient (Wildman–Crippen LogP) is 2.41. The van der Waals surface area contributed by atoms with E-state index in [4.69, 9.17) is 0 Å². The number of hydrogen-bond acceptors (Lipinski definition) is 5. The third kappa shape index (κ3) is 3.43. The molecule has 1 aromatic carbocycles. The fourth-order valence-corrected chi connectivity index (χ4v) is 2.92. The van der Waals surface area contributed by atoms with E-state index in [0.29, 0.717) is 18.5 Å². The maximum absolute atomic E-state index is 12.0. The van der Waals surface area contributed by atoms with Crippen molar-refractivity contribution in [1.82, 2.24) is 10.3 Å². The smallest absolute Gasteiger partial charge is 0.246 e. The minimum absolute atomic E-state index is 0.0709. The molecule has 0 aliphatic carbocycles. The maximum Gasteiger partial charge on any atom is 0.246 e. The molecule has 1 aliphatic heterocycles. The lowest BCUT2D eigenvalue weighted by Gasteiger charge is -2.11. The summed E-state index contributed by atoms with van der Waals surface area (Å²) in [5.41, 5.74) is 2.59. The second kappa shape index (κ2) is 6.15. The summed E-state index contributed by atoms with van der Waals surface area (Å²) >= 11 is 1.54. The number of carbonyl (C=O) groups is 2. The summed E-state index contributed by atoms with van der Waals surface area (Å²) in [6.07, 6.45) is 0.960. The molecule has 2 heterocycles. The summed E-state index contributed by atoms with van der Waals surface area (Å²) in [6.45, 7) is 1.95. The van der Waals surface area contributed by atoms with Gasteiger partial charge in [0.25, 0.3) is 0 Å². The molecule has 2 aromatic rings. The monoisotopic (exact) mass is 316 g/mol. The van der Waals surface area contributed by atoms with Gasteiger partial charge in [-0.1, -0.05) is 0 Å². The van der Waals surface area contributed by atoms with Crippen LogP contribution in [0.2, 0.25) is 0 Å². The van der Waals surface area contributed by atoms with Crippen LogP contribution in [0.1, 0.15) is 18.5 Å². The molecule has 0 spiro atoms. The Kier molecular flexibility index (Phi) is 4.06. The quantitative estimate of drug-likeness (QED) is 0.809. The number of thiazole rings is 1. The van der Waals surface area contributed by atoms with Gasteiger partial charge < -0.3 is 16.0 Å².